The molecule has 0 saturated carbocycles. The molecule has 172 valence electrons. The average Bonchev–Trinajstić information content (AvgIpc) is 3.60. The van der Waals surface area contributed by atoms with Crippen LogP contribution in [-0.4, -0.2) is 47.7 Å². The van der Waals surface area contributed by atoms with Gasteiger partial charge in [0.05, 0.1) is 13.7 Å². The second-order valence-corrected chi connectivity index (χ2v) is 8.31. The molecule has 0 aliphatic carbocycles. The second-order valence-electron chi connectivity index (χ2n) is 8.31. The number of benzene rings is 2. The maximum Gasteiger partial charge on any atom is 0.275 e. The monoisotopic (exact) mass is 449 g/mol. The largest absolute Gasteiger partial charge is 0.497 e. The Hall–Kier alpha value is -3.52. The van der Waals surface area contributed by atoms with E-state index < -0.39 is 0 Å². The number of ether oxygens (including phenoxy) is 3. The highest BCUT2D eigenvalue weighted by Gasteiger charge is 2.23. The van der Waals surface area contributed by atoms with Gasteiger partial charge >= 0.3 is 0 Å². The zero-order chi connectivity index (χ0) is 22.6. The van der Waals surface area contributed by atoms with Crippen LogP contribution < -0.4 is 14.2 Å². The summed E-state index contributed by atoms with van der Waals surface area (Å²) in [7, 11) is 1.66. The van der Waals surface area contributed by atoms with Gasteiger partial charge in [-0.1, -0.05) is 18.2 Å². The Morgan fingerprint density at radius 2 is 1.82 bits per heavy atom. The van der Waals surface area contributed by atoms with Crippen molar-refractivity contribution in [3.05, 3.63) is 71.4 Å². The predicted molar refractivity (Wildman–Crippen MR) is 120 cm³/mol. The Labute approximate surface area is 192 Å². The molecule has 2 aliphatic heterocycles. The van der Waals surface area contributed by atoms with Crippen molar-refractivity contribution in [1.82, 2.24) is 14.8 Å². The molecule has 8 heteroatoms. The molecule has 0 atom stereocenters. The SMILES string of the molecule is COc1cccc(CN(Cc2ccc3c(c2)OCO3)Cc2nc(C(=O)N3CCCC3)co2)c1. The molecule has 2 aromatic carbocycles. The highest BCUT2D eigenvalue weighted by Crippen LogP contribution is 2.33. The molecule has 1 amide bonds. The van der Waals surface area contributed by atoms with Gasteiger partial charge in [-0.15, -0.1) is 0 Å². The molecule has 5 rings (SSSR count). The standard InChI is InChI=1S/C25H27N3O5/c1-30-20-6-4-5-18(11-20)13-27(14-19-7-8-22-23(12-19)33-17-32-22)15-24-26-21(16-31-24)25(29)28-9-2-3-10-28/h4-8,11-12,16H,2-3,9-10,13-15,17H2,1H3. The zero-order valence-corrected chi connectivity index (χ0v) is 18.7. The molecule has 1 saturated heterocycles. The van der Waals surface area contributed by atoms with Crippen molar-refractivity contribution in [2.24, 2.45) is 0 Å². The summed E-state index contributed by atoms with van der Waals surface area (Å²) < 4.78 is 22.0. The van der Waals surface area contributed by atoms with Gasteiger partial charge in [-0.25, -0.2) is 4.98 Å². The highest BCUT2D eigenvalue weighted by atomic mass is 16.7. The molecule has 0 unspecified atom stereocenters. The first-order valence-corrected chi connectivity index (χ1v) is 11.2. The first kappa shape index (κ1) is 21.3. The van der Waals surface area contributed by atoms with Crippen LogP contribution in [0, 0.1) is 0 Å². The van der Waals surface area contributed by atoms with E-state index >= 15 is 0 Å². The zero-order valence-electron chi connectivity index (χ0n) is 18.7. The molecule has 33 heavy (non-hydrogen) atoms. The number of likely N-dealkylation sites (tertiary alicyclic amines) is 1. The van der Waals surface area contributed by atoms with Gasteiger partial charge in [0, 0.05) is 26.2 Å². The molecular weight excluding hydrogens is 422 g/mol. The molecule has 0 spiro atoms. The van der Waals surface area contributed by atoms with Crippen LogP contribution in [0.1, 0.15) is 40.3 Å². The summed E-state index contributed by atoms with van der Waals surface area (Å²) in [5, 5.41) is 0. The number of nitrogens with zero attached hydrogens (tertiary/aromatic N) is 3. The molecule has 2 aliphatic rings. The normalized spacial score (nSPS) is 14.8. The first-order valence-electron chi connectivity index (χ1n) is 11.2. The topological polar surface area (TPSA) is 77.3 Å². The number of aromatic nitrogens is 1. The third-order valence-corrected chi connectivity index (χ3v) is 5.91. The molecule has 0 bridgehead atoms. The Balaban J connectivity index is 1.34. The Morgan fingerprint density at radius 1 is 1.03 bits per heavy atom. The molecule has 0 N–H and O–H groups in total. The van der Waals surface area contributed by atoms with E-state index in [1.54, 1.807) is 7.11 Å². The summed E-state index contributed by atoms with van der Waals surface area (Å²) in [5.41, 5.74) is 2.56. The van der Waals surface area contributed by atoms with Crippen molar-refractivity contribution >= 4 is 5.91 Å². The van der Waals surface area contributed by atoms with Crippen LogP contribution in [0.2, 0.25) is 0 Å². The average molecular weight is 450 g/mol. The van der Waals surface area contributed by atoms with E-state index in [4.69, 9.17) is 18.6 Å². The third kappa shape index (κ3) is 4.96. The van der Waals surface area contributed by atoms with Gasteiger partial charge < -0.3 is 23.5 Å². The summed E-state index contributed by atoms with van der Waals surface area (Å²) in [5.74, 6) is 2.78. The lowest BCUT2D eigenvalue weighted by Crippen LogP contribution is -2.28. The quantitative estimate of drug-likeness (QED) is 0.517. The number of methoxy groups -OCH3 is 1. The van der Waals surface area contributed by atoms with Gasteiger partial charge in [0.15, 0.2) is 17.2 Å². The molecule has 1 fully saturated rings. The smallest absolute Gasteiger partial charge is 0.275 e. The van der Waals surface area contributed by atoms with Crippen molar-refractivity contribution in [1.29, 1.82) is 0 Å². The van der Waals surface area contributed by atoms with E-state index in [1.807, 2.05) is 41.3 Å². The fraction of sp³-hybridized carbons (Fsp3) is 0.360. The minimum Gasteiger partial charge on any atom is -0.497 e. The molecule has 0 radical (unpaired) electrons. The van der Waals surface area contributed by atoms with Crippen molar-refractivity contribution in [3.63, 3.8) is 0 Å². The Kier molecular flexibility index (Phi) is 6.17. The van der Waals surface area contributed by atoms with Crippen LogP contribution >= 0.6 is 0 Å². The van der Waals surface area contributed by atoms with Crippen molar-refractivity contribution in [2.75, 3.05) is 27.0 Å². The fourth-order valence-corrected chi connectivity index (χ4v) is 4.25. The van der Waals surface area contributed by atoms with Crippen molar-refractivity contribution in [2.45, 2.75) is 32.5 Å². The summed E-state index contributed by atoms with van der Waals surface area (Å²) in [6.45, 7) is 3.57. The summed E-state index contributed by atoms with van der Waals surface area (Å²) in [6, 6.07) is 13.9. The number of amides is 1. The van der Waals surface area contributed by atoms with E-state index in [0.717, 1.165) is 54.3 Å². The lowest BCUT2D eigenvalue weighted by molar-refractivity contribution is 0.0787. The number of carbonyl (C=O) groups excluding carboxylic acids is 1. The van der Waals surface area contributed by atoms with Gasteiger partial charge in [-0.3, -0.25) is 9.69 Å². The second kappa shape index (κ2) is 9.54. The van der Waals surface area contributed by atoms with Crippen molar-refractivity contribution < 1.29 is 23.4 Å². The van der Waals surface area contributed by atoms with Crippen molar-refractivity contribution in [3.8, 4) is 17.2 Å². The summed E-state index contributed by atoms with van der Waals surface area (Å²) in [4.78, 5) is 21.2. The van der Waals surface area contributed by atoms with E-state index in [0.29, 0.717) is 31.2 Å². The highest BCUT2D eigenvalue weighted by molar-refractivity contribution is 5.92. The molecule has 8 nitrogen and oxygen atoms in total. The fourth-order valence-electron chi connectivity index (χ4n) is 4.25. The number of hydrogen-bond donors (Lipinski definition) is 0. The third-order valence-electron chi connectivity index (χ3n) is 5.91. The van der Waals surface area contributed by atoms with E-state index in [1.165, 1.54) is 6.26 Å². The van der Waals surface area contributed by atoms with Crippen LogP contribution in [-0.2, 0) is 19.6 Å². The molecule has 3 aromatic rings. The van der Waals surface area contributed by atoms with Gasteiger partial charge in [-0.2, -0.15) is 0 Å². The van der Waals surface area contributed by atoms with Crippen LogP contribution in [0.3, 0.4) is 0 Å². The minimum absolute atomic E-state index is 0.0578. The van der Waals surface area contributed by atoms with Gasteiger partial charge in [0.25, 0.3) is 5.91 Å². The van der Waals surface area contributed by atoms with Gasteiger partial charge in [0.1, 0.15) is 12.0 Å². The van der Waals surface area contributed by atoms with E-state index in [9.17, 15) is 4.79 Å². The Morgan fingerprint density at radius 3 is 2.64 bits per heavy atom. The minimum atomic E-state index is -0.0578. The van der Waals surface area contributed by atoms with E-state index in [2.05, 4.69) is 16.0 Å². The van der Waals surface area contributed by atoms with Crippen LogP contribution in [0.25, 0.3) is 0 Å². The van der Waals surface area contributed by atoms with Crippen LogP contribution in [0.15, 0.2) is 53.1 Å². The number of fused-ring (bicyclic) bond motifs is 1. The summed E-state index contributed by atoms with van der Waals surface area (Å²) >= 11 is 0. The van der Waals surface area contributed by atoms with Crippen LogP contribution in [0.5, 0.6) is 17.2 Å². The van der Waals surface area contributed by atoms with Gasteiger partial charge in [-0.05, 0) is 48.2 Å². The maximum absolute atomic E-state index is 12.7. The Bertz CT molecular complexity index is 1120. The van der Waals surface area contributed by atoms with Gasteiger partial charge in [0.2, 0.25) is 12.7 Å². The summed E-state index contributed by atoms with van der Waals surface area (Å²) in [6.07, 6.45) is 3.56. The lowest BCUT2D eigenvalue weighted by Gasteiger charge is -2.21. The molecular formula is C25H27N3O5. The molecule has 3 heterocycles. The predicted octanol–water partition coefficient (Wildman–Crippen LogP) is 3.85. The van der Waals surface area contributed by atoms with Crippen LogP contribution in [0.4, 0.5) is 0 Å². The van der Waals surface area contributed by atoms with E-state index in [-0.39, 0.29) is 12.7 Å². The first-order chi connectivity index (χ1) is 16.2. The number of rotatable bonds is 8. The number of hydrogen-bond acceptors (Lipinski definition) is 7. The number of carbonyl (C=O) groups is 1. The number of oxazole rings is 1. The maximum atomic E-state index is 12.7. The molecule has 1 aromatic heterocycles. The lowest BCUT2D eigenvalue weighted by atomic mass is 10.1.